The number of aromatic nitrogens is 1. The standard InChI is InChI=1S/C22H21N3O3/c1-14-3-5-18(7-15(14)2)25-22(26)17-9-19(12-23-11-17)24-10-16-4-6-20-21(8-16)28-13-27-20/h3-9,11-12,24H,10,13H2,1-2H3,(H,25,26). The minimum Gasteiger partial charge on any atom is -0.454 e. The zero-order valence-electron chi connectivity index (χ0n) is 15.8. The average molecular weight is 375 g/mol. The lowest BCUT2D eigenvalue weighted by atomic mass is 10.1. The summed E-state index contributed by atoms with van der Waals surface area (Å²) in [6, 6.07) is 13.5. The number of rotatable bonds is 5. The van der Waals surface area contributed by atoms with Crippen molar-refractivity contribution >= 4 is 17.3 Å². The van der Waals surface area contributed by atoms with Gasteiger partial charge < -0.3 is 20.1 Å². The molecule has 1 aliphatic heterocycles. The lowest BCUT2D eigenvalue weighted by Crippen LogP contribution is -2.13. The molecule has 0 radical (unpaired) electrons. The van der Waals surface area contributed by atoms with Gasteiger partial charge in [-0.3, -0.25) is 9.78 Å². The molecule has 0 fully saturated rings. The van der Waals surface area contributed by atoms with Gasteiger partial charge in [0.2, 0.25) is 6.79 Å². The van der Waals surface area contributed by atoms with Gasteiger partial charge in [-0.05, 0) is 60.9 Å². The summed E-state index contributed by atoms with van der Waals surface area (Å²) in [5.74, 6) is 1.32. The topological polar surface area (TPSA) is 72.5 Å². The molecule has 6 nitrogen and oxygen atoms in total. The third-order valence-corrected chi connectivity index (χ3v) is 4.70. The summed E-state index contributed by atoms with van der Waals surface area (Å²) in [6.45, 7) is 4.90. The molecule has 2 heterocycles. The molecule has 28 heavy (non-hydrogen) atoms. The maximum absolute atomic E-state index is 12.6. The van der Waals surface area contributed by atoms with E-state index in [2.05, 4.69) is 15.6 Å². The molecule has 3 aromatic rings. The monoisotopic (exact) mass is 375 g/mol. The predicted octanol–water partition coefficient (Wildman–Crippen LogP) is 4.29. The van der Waals surface area contributed by atoms with E-state index in [4.69, 9.17) is 9.47 Å². The van der Waals surface area contributed by atoms with Crippen LogP contribution in [-0.4, -0.2) is 17.7 Å². The van der Waals surface area contributed by atoms with E-state index in [1.165, 1.54) is 5.56 Å². The second-order valence-corrected chi connectivity index (χ2v) is 6.76. The molecule has 4 rings (SSSR count). The summed E-state index contributed by atoms with van der Waals surface area (Å²) in [5, 5.41) is 6.21. The Kier molecular flexibility index (Phi) is 4.85. The van der Waals surface area contributed by atoms with Gasteiger partial charge in [-0.25, -0.2) is 0 Å². The molecule has 0 saturated heterocycles. The molecule has 142 valence electrons. The van der Waals surface area contributed by atoms with Gasteiger partial charge in [-0.1, -0.05) is 12.1 Å². The van der Waals surface area contributed by atoms with Crippen molar-refractivity contribution in [3.63, 3.8) is 0 Å². The van der Waals surface area contributed by atoms with Crippen LogP contribution < -0.4 is 20.1 Å². The van der Waals surface area contributed by atoms with E-state index in [-0.39, 0.29) is 12.7 Å². The van der Waals surface area contributed by atoms with E-state index >= 15 is 0 Å². The minimum atomic E-state index is -0.192. The van der Waals surface area contributed by atoms with Gasteiger partial charge in [-0.2, -0.15) is 0 Å². The van der Waals surface area contributed by atoms with E-state index < -0.39 is 0 Å². The fourth-order valence-corrected chi connectivity index (χ4v) is 2.94. The van der Waals surface area contributed by atoms with Gasteiger partial charge in [0, 0.05) is 24.6 Å². The summed E-state index contributed by atoms with van der Waals surface area (Å²) >= 11 is 0. The summed E-state index contributed by atoms with van der Waals surface area (Å²) in [7, 11) is 0. The van der Waals surface area contributed by atoms with Crippen LogP contribution >= 0.6 is 0 Å². The quantitative estimate of drug-likeness (QED) is 0.696. The highest BCUT2D eigenvalue weighted by Crippen LogP contribution is 2.32. The fraction of sp³-hybridized carbons (Fsp3) is 0.182. The largest absolute Gasteiger partial charge is 0.454 e. The number of hydrogen-bond donors (Lipinski definition) is 2. The van der Waals surface area contributed by atoms with Gasteiger partial charge >= 0.3 is 0 Å². The van der Waals surface area contributed by atoms with Crippen LogP contribution in [0.3, 0.4) is 0 Å². The van der Waals surface area contributed by atoms with Crippen LogP contribution in [0.4, 0.5) is 11.4 Å². The van der Waals surface area contributed by atoms with E-state index in [1.54, 1.807) is 18.5 Å². The van der Waals surface area contributed by atoms with Crippen LogP contribution in [0.25, 0.3) is 0 Å². The first-order valence-electron chi connectivity index (χ1n) is 9.04. The Hall–Kier alpha value is -3.54. The van der Waals surface area contributed by atoms with Crippen molar-refractivity contribution in [1.82, 2.24) is 4.98 Å². The van der Waals surface area contributed by atoms with Gasteiger partial charge in [0.05, 0.1) is 11.3 Å². The number of benzene rings is 2. The Labute approximate surface area is 163 Å². The third kappa shape index (κ3) is 3.91. The number of ether oxygens (including phenoxy) is 2. The molecule has 1 aromatic heterocycles. The van der Waals surface area contributed by atoms with Crippen molar-refractivity contribution in [2.24, 2.45) is 0 Å². The maximum Gasteiger partial charge on any atom is 0.257 e. The lowest BCUT2D eigenvalue weighted by molar-refractivity contribution is 0.102. The molecule has 2 N–H and O–H groups in total. The first-order valence-corrected chi connectivity index (χ1v) is 9.04. The molecule has 1 aliphatic rings. The zero-order chi connectivity index (χ0) is 19.5. The minimum absolute atomic E-state index is 0.192. The van der Waals surface area contributed by atoms with E-state index in [0.29, 0.717) is 12.1 Å². The Morgan fingerprint density at radius 2 is 1.82 bits per heavy atom. The van der Waals surface area contributed by atoms with Crippen molar-refractivity contribution in [2.75, 3.05) is 17.4 Å². The molecule has 6 heteroatoms. The predicted molar refractivity (Wildman–Crippen MR) is 108 cm³/mol. The number of pyridine rings is 1. The van der Waals surface area contributed by atoms with Crippen molar-refractivity contribution in [3.05, 3.63) is 77.1 Å². The van der Waals surface area contributed by atoms with Crippen molar-refractivity contribution in [3.8, 4) is 11.5 Å². The number of anilines is 2. The van der Waals surface area contributed by atoms with Crippen LogP contribution in [0.2, 0.25) is 0 Å². The normalized spacial score (nSPS) is 11.9. The van der Waals surface area contributed by atoms with Crippen LogP contribution in [0.15, 0.2) is 54.9 Å². The fourth-order valence-electron chi connectivity index (χ4n) is 2.94. The zero-order valence-corrected chi connectivity index (χ0v) is 15.8. The van der Waals surface area contributed by atoms with Gasteiger partial charge in [0.15, 0.2) is 11.5 Å². The van der Waals surface area contributed by atoms with Crippen LogP contribution in [0.1, 0.15) is 27.0 Å². The second-order valence-electron chi connectivity index (χ2n) is 6.76. The molecule has 0 unspecified atom stereocenters. The highest BCUT2D eigenvalue weighted by molar-refractivity contribution is 6.04. The highest BCUT2D eigenvalue weighted by atomic mass is 16.7. The third-order valence-electron chi connectivity index (χ3n) is 4.70. The van der Waals surface area contributed by atoms with E-state index in [1.807, 2.05) is 50.2 Å². The lowest BCUT2D eigenvalue weighted by Gasteiger charge is -2.10. The first kappa shape index (κ1) is 17.9. The summed E-state index contributed by atoms with van der Waals surface area (Å²) in [5.41, 5.74) is 5.41. The molecule has 2 aromatic carbocycles. The molecule has 0 aliphatic carbocycles. The molecule has 0 spiro atoms. The van der Waals surface area contributed by atoms with E-state index in [0.717, 1.165) is 34.0 Å². The average Bonchev–Trinajstić information content (AvgIpc) is 3.17. The van der Waals surface area contributed by atoms with Crippen molar-refractivity contribution in [1.29, 1.82) is 0 Å². The Bertz CT molecular complexity index is 1030. The summed E-state index contributed by atoms with van der Waals surface area (Å²) < 4.78 is 10.7. The summed E-state index contributed by atoms with van der Waals surface area (Å²) in [6.07, 6.45) is 3.25. The van der Waals surface area contributed by atoms with Crippen LogP contribution in [-0.2, 0) is 6.54 Å². The molecule has 0 atom stereocenters. The number of nitrogens with one attached hydrogen (secondary N) is 2. The number of carbonyl (C=O) groups is 1. The number of amides is 1. The van der Waals surface area contributed by atoms with Crippen LogP contribution in [0.5, 0.6) is 11.5 Å². The van der Waals surface area contributed by atoms with Crippen molar-refractivity contribution < 1.29 is 14.3 Å². The number of aryl methyl sites for hydroxylation is 2. The Morgan fingerprint density at radius 1 is 0.964 bits per heavy atom. The number of carbonyl (C=O) groups excluding carboxylic acids is 1. The first-order chi connectivity index (χ1) is 13.6. The van der Waals surface area contributed by atoms with Crippen LogP contribution in [0, 0.1) is 13.8 Å². The summed E-state index contributed by atoms with van der Waals surface area (Å²) in [4.78, 5) is 16.7. The number of fused-ring (bicyclic) bond motifs is 1. The Balaban J connectivity index is 1.42. The second kappa shape index (κ2) is 7.60. The molecular formula is C22H21N3O3. The maximum atomic E-state index is 12.6. The molecule has 1 amide bonds. The Morgan fingerprint density at radius 3 is 2.68 bits per heavy atom. The molecular weight excluding hydrogens is 354 g/mol. The highest BCUT2D eigenvalue weighted by Gasteiger charge is 2.13. The van der Waals surface area contributed by atoms with E-state index in [9.17, 15) is 4.79 Å². The van der Waals surface area contributed by atoms with Gasteiger partial charge in [-0.15, -0.1) is 0 Å². The number of hydrogen-bond acceptors (Lipinski definition) is 5. The molecule has 0 bridgehead atoms. The van der Waals surface area contributed by atoms with Gasteiger partial charge in [0.1, 0.15) is 0 Å². The van der Waals surface area contributed by atoms with Gasteiger partial charge in [0.25, 0.3) is 5.91 Å². The SMILES string of the molecule is Cc1ccc(NC(=O)c2cncc(NCc3ccc4c(c3)OCO4)c2)cc1C. The molecule has 0 saturated carbocycles. The number of nitrogens with zero attached hydrogens (tertiary/aromatic N) is 1. The smallest absolute Gasteiger partial charge is 0.257 e. The van der Waals surface area contributed by atoms with Crippen molar-refractivity contribution in [2.45, 2.75) is 20.4 Å².